The molecular formula is C45H29N5O. The van der Waals surface area contributed by atoms with Crippen molar-refractivity contribution in [1.82, 2.24) is 14.5 Å². The number of nitrogens with zero attached hydrogens (tertiary/aromatic N) is 4. The highest BCUT2D eigenvalue weighted by atomic mass is 16.3. The Bertz CT molecular complexity index is 2960. The molecule has 0 saturated heterocycles. The molecule has 0 amide bonds. The maximum atomic E-state index is 6.53. The van der Waals surface area contributed by atoms with Crippen LogP contribution >= 0.6 is 0 Å². The maximum absolute atomic E-state index is 6.53. The van der Waals surface area contributed by atoms with Gasteiger partial charge in [0.05, 0.1) is 22.1 Å². The zero-order chi connectivity index (χ0) is 33.5. The molecule has 0 aliphatic carbocycles. The van der Waals surface area contributed by atoms with E-state index in [-0.39, 0.29) is 6.17 Å². The van der Waals surface area contributed by atoms with Crippen LogP contribution in [0.15, 0.2) is 178 Å². The van der Waals surface area contributed by atoms with E-state index >= 15 is 0 Å². The fourth-order valence-corrected chi connectivity index (χ4v) is 7.88. The van der Waals surface area contributed by atoms with Gasteiger partial charge in [-0.2, -0.15) is 4.99 Å². The van der Waals surface area contributed by atoms with Gasteiger partial charge in [0.1, 0.15) is 23.2 Å². The number of hydrogen-bond acceptors (Lipinski definition) is 4. The Labute approximate surface area is 292 Å². The summed E-state index contributed by atoms with van der Waals surface area (Å²) in [6, 6.07) is 57.3. The standard InChI is InChI=1S/C45H29N5O/c1-2-12-28(13-3-1)43-46-44(48-45(47-43)50-39-20-10-6-16-33(39)34-17-7-11-21-40(34)50)29-22-24-35-36-27-30(23-25-41(36)51-42(35)26-29)49-37-18-8-4-14-31(37)32-15-5-9-19-38(32)49/h1-27,43H,(H,46,47,48). The summed E-state index contributed by atoms with van der Waals surface area (Å²) in [5, 5.41) is 10.6. The Balaban J connectivity index is 1.06. The highest BCUT2D eigenvalue weighted by Crippen LogP contribution is 2.36. The maximum Gasteiger partial charge on any atom is 0.234 e. The van der Waals surface area contributed by atoms with E-state index in [0.717, 1.165) is 55.6 Å². The second-order valence-corrected chi connectivity index (χ2v) is 13.1. The van der Waals surface area contributed by atoms with Gasteiger partial charge in [0.25, 0.3) is 0 Å². The van der Waals surface area contributed by atoms with Gasteiger partial charge >= 0.3 is 0 Å². The third-order valence-electron chi connectivity index (χ3n) is 10.2. The van der Waals surface area contributed by atoms with Crippen LogP contribution in [0.2, 0.25) is 0 Å². The second-order valence-electron chi connectivity index (χ2n) is 13.1. The van der Waals surface area contributed by atoms with Gasteiger partial charge in [0.2, 0.25) is 5.96 Å². The fraction of sp³-hybridized carbons (Fsp3) is 0.0222. The van der Waals surface area contributed by atoms with Gasteiger partial charge in [-0.15, -0.1) is 0 Å². The lowest BCUT2D eigenvalue weighted by Crippen LogP contribution is -2.35. The van der Waals surface area contributed by atoms with Crippen LogP contribution in [0.3, 0.4) is 0 Å². The monoisotopic (exact) mass is 655 g/mol. The van der Waals surface area contributed by atoms with Gasteiger partial charge in [-0.1, -0.05) is 109 Å². The Morgan fingerprint density at radius 2 is 1.04 bits per heavy atom. The molecular weight excluding hydrogens is 627 g/mol. The summed E-state index contributed by atoms with van der Waals surface area (Å²) in [5.74, 6) is 1.37. The lowest BCUT2D eigenvalue weighted by Gasteiger charge is -2.24. The quantitative estimate of drug-likeness (QED) is 0.206. The van der Waals surface area contributed by atoms with E-state index in [0.29, 0.717) is 5.96 Å². The van der Waals surface area contributed by atoms with Crippen LogP contribution in [0.4, 0.5) is 0 Å². The van der Waals surface area contributed by atoms with Gasteiger partial charge in [-0.25, -0.2) is 4.99 Å². The van der Waals surface area contributed by atoms with Crippen molar-refractivity contribution in [2.45, 2.75) is 6.17 Å². The molecule has 0 bridgehead atoms. The molecule has 3 aromatic heterocycles. The predicted molar refractivity (Wildman–Crippen MR) is 209 cm³/mol. The number of aliphatic imine (C=N–C) groups is 2. The highest BCUT2D eigenvalue weighted by Gasteiger charge is 2.24. The summed E-state index contributed by atoms with van der Waals surface area (Å²) < 4.78 is 11.1. The van der Waals surface area contributed by atoms with Crippen LogP contribution in [0.25, 0.3) is 71.2 Å². The lowest BCUT2D eigenvalue weighted by atomic mass is 10.1. The molecule has 7 aromatic carbocycles. The van der Waals surface area contributed by atoms with Crippen molar-refractivity contribution in [3.8, 4) is 5.69 Å². The third kappa shape index (κ3) is 4.23. The number of nitrogens with one attached hydrogen (secondary N) is 1. The Morgan fingerprint density at radius 1 is 0.471 bits per heavy atom. The van der Waals surface area contributed by atoms with Crippen molar-refractivity contribution in [3.05, 3.63) is 175 Å². The number of furan rings is 1. The fourth-order valence-electron chi connectivity index (χ4n) is 7.88. The van der Waals surface area contributed by atoms with E-state index in [9.17, 15) is 0 Å². The number of fused-ring (bicyclic) bond motifs is 9. The molecule has 240 valence electrons. The molecule has 1 unspecified atom stereocenters. The van der Waals surface area contributed by atoms with E-state index in [2.05, 4.69) is 160 Å². The van der Waals surface area contributed by atoms with Crippen LogP contribution in [-0.2, 0) is 0 Å². The summed E-state index contributed by atoms with van der Waals surface area (Å²) in [4.78, 5) is 10.4. The molecule has 10 aromatic rings. The van der Waals surface area contributed by atoms with Gasteiger partial charge in [0.15, 0.2) is 0 Å². The smallest absolute Gasteiger partial charge is 0.234 e. The normalized spacial score (nSPS) is 14.9. The van der Waals surface area contributed by atoms with Crippen molar-refractivity contribution in [2.75, 3.05) is 0 Å². The number of rotatable bonds is 3. The lowest BCUT2D eigenvalue weighted by molar-refractivity contribution is 0.664. The molecule has 1 aliphatic heterocycles. The Hall–Kier alpha value is -6.92. The van der Waals surface area contributed by atoms with Crippen molar-refractivity contribution in [3.63, 3.8) is 0 Å². The average Bonchev–Trinajstić information content (AvgIpc) is 3.85. The van der Waals surface area contributed by atoms with Crippen LogP contribution in [0.5, 0.6) is 0 Å². The summed E-state index contributed by atoms with van der Waals surface area (Å²) >= 11 is 0. The molecule has 0 spiro atoms. The predicted octanol–water partition coefficient (Wildman–Crippen LogP) is 10.7. The third-order valence-corrected chi connectivity index (χ3v) is 10.2. The topological polar surface area (TPSA) is 59.8 Å². The zero-order valence-electron chi connectivity index (χ0n) is 27.4. The average molecular weight is 656 g/mol. The largest absolute Gasteiger partial charge is 0.456 e. The molecule has 6 nitrogen and oxygen atoms in total. The van der Waals surface area contributed by atoms with Gasteiger partial charge < -0.3 is 14.3 Å². The molecule has 0 fully saturated rings. The van der Waals surface area contributed by atoms with E-state index in [4.69, 9.17) is 14.4 Å². The van der Waals surface area contributed by atoms with E-state index < -0.39 is 0 Å². The molecule has 0 saturated carbocycles. The summed E-state index contributed by atoms with van der Waals surface area (Å²) in [5.41, 5.74) is 9.25. The Morgan fingerprint density at radius 3 is 1.67 bits per heavy atom. The SMILES string of the molecule is c1ccc(C2N=C(n3c4ccccc4c4ccccc43)N=C(c3ccc4c(c3)oc3ccc(-n5c6ccccc6c6ccccc65)cc34)N2)cc1. The first kappa shape index (κ1) is 28.0. The van der Waals surface area contributed by atoms with Gasteiger partial charge in [0, 0.05) is 43.6 Å². The molecule has 1 N–H and O–H groups in total. The van der Waals surface area contributed by atoms with Crippen molar-refractivity contribution in [2.24, 2.45) is 9.98 Å². The van der Waals surface area contributed by atoms with E-state index in [1.807, 2.05) is 18.2 Å². The highest BCUT2D eigenvalue weighted by molar-refractivity contribution is 6.18. The van der Waals surface area contributed by atoms with E-state index in [1.165, 1.54) is 32.6 Å². The molecule has 1 aliphatic rings. The van der Waals surface area contributed by atoms with Crippen LogP contribution < -0.4 is 5.32 Å². The van der Waals surface area contributed by atoms with Gasteiger partial charge in [-0.05, 0) is 60.2 Å². The minimum absolute atomic E-state index is 0.325. The summed E-state index contributed by atoms with van der Waals surface area (Å²) in [6.45, 7) is 0. The summed E-state index contributed by atoms with van der Waals surface area (Å²) in [6.07, 6.45) is -0.325. The first-order valence-electron chi connectivity index (χ1n) is 17.2. The number of para-hydroxylation sites is 4. The zero-order valence-corrected chi connectivity index (χ0v) is 27.4. The van der Waals surface area contributed by atoms with Crippen molar-refractivity contribution < 1.29 is 4.42 Å². The Kier molecular flexibility index (Phi) is 5.92. The number of amidine groups is 1. The molecule has 4 heterocycles. The molecule has 11 rings (SSSR count). The molecule has 0 radical (unpaired) electrons. The first-order chi connectivity index (χ1) is 25.3. The molecule has 6 heteroatoms. The minimum atomic E-state index is -0.325. The minimum Gasteiger partial charge on any atom is -0.456 e. The van der Waals surface area contributed by atoms with Crippen LogP contribution in [0.1, 0.15) is 17.3 Å². The van der Waals surface area contributed by atoms with Crippen molar-refractivity contribution >= 4 is 77.3 Å². The van der Waals surface area contributed by atoms with Crippen molar-refractivity contribution in [1.29, 1.82) is 0 Å². The van der Waals surface area contributed by atoms with Crippen LogP contribution in [0, 0.1) is 0 Å². The summed E-state index contributed by atoms with van der Waals surface area (Å²) in [7, 11) is 0. The number of hydrogen-bond donors (Lipinski definition) is 1. The van der Waals surface area contributed by atoms with Crippen LogP contribution in [-0.4, -0.2) is 20.9 Å². The van der Waals surface area contributed by atoms with E-state index in [1.54, 1.807) is 0 Å². The molecule has 1 atom stereocenters. The first-order valence-corrected chi connectivity index (χ1v) is 17.2. The number of benzene rings is 7. The van der Waals surface area contributed by atoms with Gasteiger partial charge in [-0.3, -0.25) is 4.57 Å². The molecule has 51 heavy (non-hydrogen) atoms. The number of aromatic nitrogens is 2. The second kappa shape index (κ2) is 10.8.